The van der Waals surface area contributed by atoms with Gasteiger partial charge in [-0.15, -0.1) is 0 Å². The molecule has 0 spiro atoms. The summed E-state index contributed by atoms with van der Waals surface area (Å²) in [6, 6.07) is 4.33. The molecule has 108 valence electrons. The molecular formula is C12H14F3N5. The molecule has 1 aromatic carbocycles. The minimum absolute atomic E-state index is 0.0887. The Hall–Kier alpha value is -2.25. The lowest BCUT2D eigenvalue weighted by Gasteiger charge is -2.31. The average Bonchev–Trinajstić information content (AvgIpc) is 2.25. The van der Waals surface area contributed by atoms with Crippen LogP contribution in [0, 0.1) is 0 Å². The van der Waals surface area contributed by atoms with E-state index >= 15 is 0 Å². The quantitative estimate of drug-likeness (QED) is 0.608. The second-order valence-corrected chi connectivity index (χ2v) is 4.33. The molecule has 1 saturated heterocycles. The van der Waals surface area contributed by atoms with Crippen LogP contribution >= 0.6 is 0 Å². The number of hydrogen-bond acceptors (Lipinski definition) is 1. The summed E-state index contributed by atoms with van der Waals surface area (Å²) in [4.78, 5) is 9.62. The number of halogens is 3. The Morgan fingerprint density at radius 3 is 2.15 bits per heavy atom. The second-order valence-electron chi connectivity index (χ2n) is 4.33. The maximum atomic E-state index is 12.4. The fraction of sp³-hybridized carbons (Fsp3) is 0.333. The van der Waals surface area contributed by atoms with Crippen LogP contribution in [-0.4, -0.2) is 29.9 Å². The van der Waals surface area contributed by atoms with Gasteiger partial charge in [0.2, 0.25) is 5.96 Å². The van der Waals surface area contributed by atoms with E-state index in [1.54, 1.807) is 0 Å². The maximum absolute atomic E-state index is 12.4. The first-order valence-electron chi connectivity index (χ1n) is 5.97. The number of guanidine groups is 2. The van der Waals surface area contributed by atoms with Gasteiger partial charge in [-0.25, -0.2) is 4.99 Å². The molecule has 0 amide bonds. The number of nitrogens with two attached hydrogens (primary N) is 2. The third-order valence-corrected chi connectivity index (χ3v) is 2.85. The normalized spacial score (nSPS) is 17.1. The van der Waals surface area contributed by atoms with E-state index in [0.717, 1.165) is 31.6 Å². The highest BCUT2D eigenvalue weighted by Crippen LogP contribution is 2.30. The highest BCUT2D eigenvalue weighted by atomic mass is 19.4. The van der Waals surface area contributed by atoms with Gasteiger partial charge in [0.05, 0.1) is 11.3 Å². The molecule has 8 heteroatoms. The zero-order valence-corrected chi connectivity index (χ0v) is 10.6. The molecule has 5 nitrogen and oxygen atoms in total. The van der Waals surface area contributed by atoms with Crippen LogP contribution in [0.4, 0.5) is 18.9 Å². The number of aliphatic imine (C=N–C) groups is 2. The van der Waals surface area contributed by atoms with Gasteiger partial charge in [-0.3, -0.25) is 0 Å². The Morgan fingerprint density at radius 1 is 1.10 bits per heavy atom. The Balaban J connectivity index is 2.09. The molecular weight excluding hydrogens is 271 g/mol. The highest BCUT2D eigenvalue weighted by Gasteiger charge is 2.29. The molecule has 0 unspecified atom stereocenters. The smallest absolute Gasteiger partial charge is 0.369 e. The number of rotatable bonds is 1. The fourth-order valence-electron chi connectivity index (χ4n) is 1.62. The van der Waals surface area contributed by atoms with Crippen LogP contribution in [0.25, 0.3) is 0 Å². The summed E-state index contributed by atoms with van der Waals surface area (Å²) >= 11 is 0. The lowest BCUT2D eigenvalue weighted by molar-refractivity contribution is -0.137. The van der Waals surface area contributed by atoms with Gasteiger partial charge in [-0.1, -0.05) is 0 Å². The molecule has 0 bridgehead atoms. The fourth-order valence-corrected chi connectivity index (χ4v) is 1.62. The largest absolute Gasteiger partial charge is 0.416 e. The predicted molar refractivity (Wildman–Crippen MR) is 70.5 cm³/mol. The van der Waals surface area contributed by atoms with Crippen molar-refractivity contribution in [1.29, 1.82) is 0 Å². The van der Waals surface area contributed by atoms with E-state index in [1.807, 2.05) is 4.90 Å². The summed E-state index contributed by atoms with van der Waals surface area (Å²) < 4.78 is 37.2. The summed E-state index contributed by atoms with van der Waals surface area (Å²) in [5.74, 6) is 0.179. The van der Waals surface area contributed by atoms with Crippen molar-refractivity contribution in [2.45, 2.75) is 12.6 Å². The van der Waals surface area contributed by atoms with Gasteiger partial charge in [-0.05, 0) is 30.7 Å². The Labute approximate surface area is 113 Å². The first-order chi connectivity index (χ1) is 9.36. The molecule has 20 heavy (non-hydrogen) atoms. The first kappa shape index (κ1) is 14.2. The molecule has 1 aromatic rings. The molecule has 2 rings (SSSR count). The van der Waals surface area contributed by atoms with E-state index in [0.29, 0.717) is 0 Å². The maximum Gasteiger partial charge on any atom is 0.416 e. The zero-order chi connectivity index (χ0) is 14.8. The number of alkyl halides is 3. The Bertz CT molecular complexity index is 529. The average molecular weight is 285 g/mol. The van der Waals surface area contributed by atoms with E-state index in [2.05, 4.69) is 9.98 Å². The predicted octanol–water partition coefficient (Wildman–Crippen LogP) is 1.67. The number of likely N-dealkylation sites (tertiary alicyclic amines) is 1. The van der Waals surface area contributed by atoms with Crippen LogP contribution in [0.2, 0.25) is 0 Å². The summed E-state index contributed by atoms with van der Waals surface area (Å²) in [7, 11) is 0. The van der Waals surface area contributed by atoms with Gasteiger partial charge in [0.15, 0.2) is 5.96 Å². The molecule has 0 atom stereocenters. The molecule has 4 N–H and O–H groups in total. The van der Waals surface area contributed by atoms with Crippen LogP contribution in [0.15, 0.2) is 34.3 Å². The molecule has 1 aliphatic heterocycles. The van der Waals surface area contributed by atoms with Gasteiger partial charge in [0.1, 0.15) is 0 Å². The monoisotopic (exact) mass is 285 g/mol. The lowest BCUT2D eigenvalue weighted by atomic mass is 10.2. The van der Waals surface area contributed by atoms with Crippen LogP contribution < -0.4 is 11.5 Å². The first-order valence-corrected chi connectivity index (χ1v) is 5.97. The third-order valence-electron chi connectivity index (χ3n) is 2.85. The molecule has 1 fully saturated rings. The SMILES string of the molecule is NC(=Nc1ccc(C(F)(F)F)cc1)N=C(N)N1CCC1. The molecule has 1 heterocycles. The van der Waals surface area contributed by atoms with Gasteiger partial charge in [0, 0.05) is 13.1 Å². The van der Waals surface area contributed by atoms with Crippen molar-refractivity contribution in [2.24, 2.45) is 21.5 Å². The summed E-state index contributed by atoms with van der Waals surface area (Å²) in [6.07, 6.45) is -3.32. The van der Waals surface area contributed by atoms with E-state index in [1.165, 1.54) is 12.1 Å². The molecule has 0 saturated carbocycles. The lowest BCUT2D eigenvalue weighted by Crippen LogP contribution is -2.47. The van der Waals surface area contributed by atoms with Crippen LogP contribution in [-0.2, 0) is 6.18 Å². The topological polar surface area (TPSA) is 80.0 Å². The number of nitrogens with zero attached hydrogens (tertiary/aromatic N) is 3. The molecule has 1 aliphatic rings. The summed E-state index contributed by atoms with van der Waals surface area (Å²) in [5.41, 5.74) is 10.8. The Morgan fingerprint density at radius 2 is 1.70 bits per heavy atom. The van der Waals surface area contributed by atoms with Crippen molar-refractivity contribution >= 4 is 17.6 Å². The van der Waals surface area contributed by atoms with E-state index in [4.69, 9.17) is 11.5 Å². The van der Waals surface area contributed by atoms with Gasteiger partial charge >= 0.3 is 6.18 Å². The van der Waals surface area contributed by atoms with E-state index < -0.39 is 11.7 Å². The molecule has 0 radical (unpaired) electrons. The molecule has 0 aliphatic carbocycles. The Kier molecular flexibility index (Phi) is 3.82. The minimum atomic E-state index is -4.37. The molecule has 0 aromatic heterocycles. The van der Waals surface area contributed by atoms with Gasteiger partial charge < -0.3 is 16.4 Å². The van der Waals surface area contributed by atoms with Crippen molar-refractivity contribution in [3.8, 4) is 0 Å². The van der Waals surface area contributed by atoms with Crippen LogP contribution in [0.1, 0.15) is 12.0 Å². The summed E-state index contributed by atoms with van der Waals surface area (Å²) in [5, 5.41) is 0. The van der Waals surface area contributed by atoms with E-state index in [9.17, 15) is 13.2 Å². The number of benzene rings is 1. The third kappa shape index (κ3) is 3.40. The van der Waals surface area contributed by atoms with E-state index in [-0.39, 0.29) is 17.6 Å². The van der Waals surface area contributed by atoms with Gasteiger partial charge in [0.25, 0.3) is 0 Å². The van der Waals surface area contributed by atoms with Gasteiger partial charge in [-0.2, -0.15) is 18.2 Å². The van der Waals surface area contributed by atoms with Crippen LogP contribution in [0.5, 0.6) is 0 Å². The van der Waals surface area contributed by atoms with Crippen molar-refractivity contribution in [3.63, 3.8) is 0 Å². The van der Waals surface area contributed by atoms with Crippen molar-refractivity contribution in [3.05, 3.63) is 29.8 Å². The zero-order valence-electron chi connectivity index (χ0n) is 10.6. The van der Waals surface area contributed by atoms with Crippen molar-refractivity contribution in [2.75, 3.05) is 13.1 Å². The highest BCUT2D eigenvalue weighted by molar-refractivity contribution is 5.94. The number of hydrogen-bond donors (Lipinski definition) is 2. The second kappa shape index (κ2) is 5.40. The minimum Gasteiger partial charge on any atom is -0.369 e. The summed E-state index contributed by atoms with van der Waals surface area (Å²) in [6.45, 7) is 1.64. The van der Waals surface area contributed by atoms with Crippen molar-refractivity contribution < 1.29 is 13.2 Å². The standard InChI is InChI=1S/C12H14F3N5/c13-12(14,15)8-2-4-9(5-3-8)18-10(16)19-11(17)20-6-1-7-20/h2-5H,1,6-7H2,(H4,16,17,18,19). The van der Waals surface area contributed by atoms with Crippen LogP contribution in [0.3, 0.4) is 0 Å². The van der Waals surface area contributed by atoms with Crippen molar-refractivity contribution in [1.82, 2.24) is 4.90 Å².